The molecule has 1 aromatic rings. The number of ketones is 1. The molecule has 15 heavy (non-hydrogen) atoms. The van der Waals surface area contributed by atoms with Gasteiger partial charge in [0.25, 0.3) is 0 Å². The van der Waals surface area contributed by atoms with Gasteiger partial charge in [-0.2, -0.15) is 0 Å². The van der Waals surface area contributed by atoms with Gasteiger partial charge in [0, 0.05) is 17.3 Å². The van der Waals surface area contributed by atoms with Crippen molar-refractivity contribution in [3.8, 4) is 0 Å². The van der Waals surface area contributed by atoms with E-state index in [9.17, 15) is 4.79 Å². The molecule has 1 fully saturated rings. The lowest BCUT2D eigenvalue weighted by atomic mass is 9.84. The van der Waals surface area contributed by atoms with Gasteiger partial charge < -0.3 is 0 Å². The molecule has 2 rings (SSSR count). The zero-order chi connectivity index (χ0) is 10.7. The van der Waals surface area contributed by atoms with Crippen molar-refractivity contribution in [2.75, 3.05) is 0 Å². The molecule has 0 bridgehead atoms. The normalized spacial score (nSPS) is 21.7. The summed E-state index contributed by atoms with van der Waals surface area (Å²) >= 11 is 3.47. The molecule has 0 heterocycles. The van der Waals surface area contributed by atoms with Crippen molar-refractivity contribution in [2.45, 2.75) is 32.1 Å². The van der Waals surface area contributed by atoms with Crippen molar-refractivity contribution in [1.82, 2.24) is 0 Å². The number of Topliss-reactive ketones (excluding diaryl/α,β-unsaturated/α-hetero) is 1. The van der Waals surface area contributed by atoms with Crippen LogP contribution in [-0.4, -0.2) is 5.78 Å². The molecule has 1 nitrogen and oxygen atoms in total. The largest absolute Gasteiger partial charge is 0.300 e. The van der Waals surface area contributed by atoms with Crippen LogP contribution in [0.5, 0.6) is 0 Å². The number of carbonyl (C=O) groups is 1. The Bertz CT molecular complexity index is 359. The van der Waals surface area contributed by atoms with E-state index in [1.807, 2.05) is 6.07 Å². The van der Waals surface area contributed by atoms with Crippen molar-refractivity contribution >= 4 is 21.7 Å². The van der Waals surface area contributed by atoms with Gasteiger partial charge in [-0.15, -0.1) is 0 Å². The Morgan fingerprint density at radius 2 is 2.27 bits per heavy atom. The van der Waals surface area contributed by atoms with E-state index in [2.05, 4.69) is 34.1 Å². The molecule has 1 atom stereocenters. The summed E-state index contributed by atoms with van der Waals surface area (Å²) in [5, 5.41) is 0. The first-order valence-corrected chi connectivity index (χ1v) is 6.29. The van der Waals surface area contributed by atoms with E-state index >= 15 is 0 Å². The fraction of sp³-hybridized carbons (Fsp3) is 0.462. The summed E-state index contributed by atoms with van der Waals surface area (Å²) in [4.78, 5) is 11.3. The topological polar surface area (TPSA) is 17.1 Å². The lowest BCUT2D eigenvalue weighted by Gasteiger charge is -2.20. The van der Waals surface area contributed by atoms with Gasteiger partial charge in [0.2, 0.25) is 0 Å². The average Bonchev–Trinajstić information content (AvgIpc) is 2.17. The van der Waals surface area contributed by atoms with Gasteiger partial charge in [0.05, 0.1) is 0 Å². The first-order valence-electron chi connectivity index (χ1n) is 5.50. The van der Waals surface area contributed by atoms with E-state index < -0.39 is 0 Å². The fourth-order valence-corrected chi connectivity index (χ4v) is 2.73. The van der Waals surface area contributed by atoms with Gasteiger partial charge in [-0.05, 0) is 42.9 Å². The van der Waals surface area contributed by atoms with Crippen LogP contribution in [0.3, 0.4) is 0 Å². The summed E-state index contributed by atoms with van der Waals surface area (Å²) in [5.74, 6) is 1.02. The fourth-order valence-electron chi connectivity index (χ4n) is 2.29. The minimum atomic E-state index is 0.446. The van der Waals surface area contributed by atoms with Crippen LogP contribution in [0.25, 0.3) is 0 Å². The van der Waals surface area contributed by atoms with E-state index in [4.69, 9.17) is 0 Å². The van der Waals surface area contributed by atoms with Crippen molar-refractivity contribution in [3.63, 3.8) is 0 Å². The monoisotopic (exact) mass is 266 g/mol. The highest BCUT2D eigenvalue weighted by Crippen LogP contribution is 2.25. The molecule has 0 N–H and O–H groups in total. The Kier molecular flexibility index (Phi) is 3.57. The molecule has 0 amide bonds. The highest BCUT2D eigenvalue weighted by atomic mass is 79.9. The quantitative estimate of drug-likeness (QED) is 0.797. The molecule has 0 aliphatic heterocycles. The van der Waals surface area contributed by atoms with Gasteiger partial charge in [0.15, 0.2) is 0 Å². The Morgan fingerprint density at radius 3 is 3.00 bits per heavy atom. The maximum atomic E-state index is 11.3. The third-order valence-electron chi connectivity index (χ3n) is 3.00. The molecular weight excluding hydrogens is 252 g/mol. The molecule has 1 aromatic carbocycles. The SMILES string of the molecule is O=C1CCCC(Cc2cccc(Br)c2)C1. The van der Waals surface area contributed by atoms with Crippen LogP contribution in [0.1, 0.15) is 31.2 Å². The molecule has 1 aliphatic carbocycles. The molecule has 0 aromatic heterocycles. The number of hydrogen-bond acceptors (Lipinski definition) is 1. The van der Waals surface area contributed by atoms with Crippen LogP contribution in [-0.2, 0) is 11.2 Å². The molecule has 0 spiro atoms. The predicted molar refractivity (Wildman–Crippen MR) is 64.8 cm³/mol. The lowest BCUT2D eigenvalue weighted by Crippen LogP contribution is -2.16. The third-order valence-corrected chi connectivity index (χ3v) is 3.49. The number of benzene rings is 1. The minimum Gasteiger partial charge on any atom is -0.300 e. The number of hydrogen-bond donors (Lipinski definition) is 0. The van der Waals surface area contributed by atoms with Crippen molar-refractivity contribution < 1.29 is 4.79 Å². The summed E-state index contributed by atoms with van der Waals surface area (Å²) in [6.45, 7) is 0. The van der Waals surface area contributed by atoms with Crippen LogP contribution in [0.2, 0.25) is 0 Å². The first kappa shape index (κ1) is 10.9. The summed E-state index contributed by atoms with van der Waals surface area (Å²) in [7, 11) is 0. The summed E-state index contributed by atoms with van der Waals surface area (Å²) in [5.41, 5.74) is 1.34. The van der Waals surface area contributed by atoms with Gasteiger partial charge >= 0.3 is 0 Å². The van der Waals surface area contributed by atoms with E-state index in [1.54, 1.807) is 0 Å². The van der Waals surface area contributed by atoms with Crippen molar-refractivity contribution in [2.24, 2.45) is 5.92 Å². The van der Waals surface area contributed by atoms with Crippen LogP contribution < -0.4 is 0 Å². The van der Waals surface area contributed by atoms with E-state index in [-0.39, 0.29) is 0 Å². The number of carbonyl (C=O) groups excluding carboxylic acids is 1. The van der Waals surface area contributed by atoms with Crippen LogP contribution in [0.4, 0.5) is 0 Å². The van der Waals surface area contributed by atoms with Crippen LogP contribution in [0, 0.1) is 5.92 Å². The zero-order valence-electron chi connectivity index (χ0n) is 8.71. The second kappa shape index (κ2) is 4.93. The molecule has 80 valence electrons. The Balaban J connectivity index is 1.99. The van der Waals surface area contributed by atoms with Gasteiger partial charge in [-0.1, -0.05) is 28.1 Å². The molecular formula is C13H15BrO. The predicted octanol–water partition coefficient (Wildman–Crippen LogP) is 3.75. The molecule has 0 saturated heterocycles. The molecule has 1 saturated carbocycles. The Labute approximate surface area is 99.0 Å². The average molecular weight is 267 g/mol. The minimum absolute atomic E-state index is 0.446. The summed E-state index contributed by atoms with van der Waals surface area (Å²) in [6, 6.07) is 8.39. The van der Waals surface area contributed by atoms with E-state index in [0.29, 0.717) is 11.7 Å². The maximum Gasteiger partial charge on any atom is 0.133 e. The molecule has 0 radical (unpaired) electrons. The third kappa shape index (κ3) is 3.16. The highest BCUT2D eigenvalue weighted by molar-refractivity contribution is 9.10. The van der Waals surface area contributed by atoms with Gasteiger partial charge in [0.1, 0.15) is 5.78 Å². The zero-order valence-corrected chi connectivity index (χ0v) is 10.3. The standard InChI is InChI=1S/C13H15BrO/c14-12-5-1-3-10(8-12)7-11-4-2-6-13(15)9-11/h1,3,5,8,11H,2,4,6-7,9H2. The summed E-state index contributed by atoms with van der Waals surface area (Å²) in [6.07, 6.45) is 4.92. The summed E-state index contributed by atoms with van der Waals surface area (Å²) < 4.78 is 1.13. The number of rotatable bonds is 2. The second-order valence-electron chi connectivity index (χ2n) is 4.34. The Hall–Kier alpha value is -0.630. The van der Waals surface area contributed by atoms with Gasteiger partial charge in [-0.3, -0.25) is 4.79 Å². The molecule has 2 heteroatoms. The van der Waals surface area contributed by atoms with Crippen LogP contribution >= 0.6 is 15.9 Å². The first-order chi connectivity index (χ1) is 7.24. The van der Waals surface area contributed by atoms with Gasteiger partial charge in [-0.25, -0.2) is 0 Å². The number of halogens is 1. The van der Waals surface area contributed by atoms with E-state index in [1.165, 1.54) is 12.0 Å². The molecule has 1 unspecified atom stereocenters. The molecule has 1 aliphatic rings. The Morgan fingerprint density at radius 1 is 1.40 bits per heavy atom. The van der Waals surface area contributed by atoms with E-state index in [0.717, 1.165) is 30.2 Å². The maximum absolute atomic E-state index is 11.3. The van der Waals surface area contributed by atoms with Crippen LogP contribution in [0.15, 0.2) is 28.7 Å². The highest BCUT2D eigenvalue weighted by Gasteiger charge is 2.19. The second-order valence-corrected chi connectivity index (χ2v) is 5.25. The lowest BCUT2D eigenvalue weighted by molar-refractivity contribution is -0.121. The smallest absolute Gasteiger partial charge is 0.133 e. The van der Waals surface area contributed by atoms with Crippen molar-refractivity contribution in [1.29, 1.82) is 0 Å². The van der Waals surface area contributed by atoms with Crippen molar-refractivity contribution in [3.05, 3.63) is 34.3 Å².